The van der Waals surface area contributed by atoms with E-state index in [1.54, 1.807) is 0 Å². The summed E-state index contributed by atoms with van der Waals surface area (Å²) in [5.41, 5.74) is 2.17. The van der Waals surface area contributed by atoms with Gasteiger partial charge in [0.25, 0.3) is 0 Å². The van der Waals surface area contributed by atoms with Gasteiger partial charge in [-0.05, 0) is 23.6 Å². The molecule has 0 saturated carbocycles. The lowest BCUT2D eigenvalue weighted by molar-refractivity contribution is 0.687. The Morgan fingerprint density at radius 1 is 1.29 bits per heavy atom. The average Bonchev–Trinajstić information content (AvgIpc) is 2.76. The summed E-state index contributed by atoms with van der Waals surface area (Å²) >= 11 is 3.43. The van der Waals surface area contributed by atoms with Gasteiger partial charge < -0.3 is 5.32 Å². The van der Waals surface area contributed by atoms with Gasteiger partial charge in [0.15, 0.2) is 0 Å². The monoisotopic (exact) mass is 293 g/mol. The fourth-order valence-electron chi connectivity index (χ4n) is 1.50. The molecule has 0 amide bonds. The molecule has 0 aliphatic rings. The molecule has 0 bridgehead atoms. The van der Waals surface area contributed by atoms with Gasteiger partial charge in [0.1, 0.15) is 5.82 Å². The van der Waals surface area contributed by atoms with Gasteiger partial charge in [0, 0.05) is 17.1 Å². The van der Waals surface area contributed by atoms with E-state index in [2.05, 4.69) is 57.4 Å². The van der Waals surface area contributed by atoms with Gasteiger partial charge in [0.2, 0.25) is 0 Å². The minimum Gasteiger partial charge on any atom is -0.368 e. The van der Waals surface area contributed by atoms with Crippen LogP contribution < -0.4 is 5.32 Å². The van der Waals surface area contributed by atoms with E-state index in [0.717, 1.165) is 28.1 Å². The molecule has 0 aliphatic carbocycles. The van der Waals surface area contributed by atoms with Crippen molar-refractivity contribution in [2.24, 2.45) is 5.92 Å². The van der Waals surface area contributed by atoms with Gasteiger partial charge in [-0.1, -0.05) is 41.9 Å². The number of rotatable bonds is 4. The third-order valence-corrected chi connectivity index (χ3v) is 2.95. The largest absolute Gasteiger partial charge is 0.368 e. The number of benzene rings is 1. The number of anilines is 1. The molecule has 0 spiro atoms. The van der Waals surface area contributed by atoms with Crippen LogP contribution in [0.3, 0.4) is 0 Å². The predicted molar refractivity (Wildman–Crippen MR) is 75.1 cm³/mol. The first-order chi connectivity index (χ1) is 8.15. The third kappa shape index (κ3) is 3.33. The second kappa shape index (κ2) is 5.36. The molecule has 0 aliphatic heterocycles. The van der Waals surface area contributed by atoms with Gasteiger partial charge in [0.05, 0.1) is 5.69 Å². The Morgan fingerprint density at radius 3 is 2.65 bits per heavy atom. The Kier molecular flexibility index (Phi) is 3.84. The quantitative estimate of drug-likeness (QED) is 0.897. The number of hydrogen-bond donors (Lipinski definition) is 2. The molecule has 0 saturated heterocycles. The number of hydrogen-bond acceptors (Lipinski definition) is 2. The van der Waals surface area contributed by atoms with Crippen molar-refractivity contribution in [2.75, 3.05) is 11.9 Å². The molecule has 2 rings (SSSR count). The summed E-state index contributed by atoms with van der Waals surface area (Å²) in [6.07, 6.45) is 0. The predicted octanol–water partition coefficient (Wildman–Crippen LogP) is 3.91. The van der Waals surface area contributed by atoms with Crippen molar-refractivity contribution in [3.05, 3.63) is 34.8 Å². The molecule has 90 valence electrons. The maximum absolute atomic E-state index is 4.24. The normalized spacial score (nSPS) is 10.8. The molecule has 17 heavy (non-hydrogen) atoms. The molecule has 0 radical (unpaired) electrons. The lowest BCUT2D eigenvalue weighted by Gasteiger charge is -2.04. The van der Waals surface area contributed by atoms with Crippen molar-refractivity contribution < 1.29 is 0 Å². The highest BCUT2D eigenvalue weighted by Gasteiger charge is 2.03. The number of nitrogens with one attached hydrogen (secondary N) is 2. The number of H-pyrrole nitrogens is 1. The van der Waals surface area contributed by atoms with Crippen LogP contribution in [0.5, 0.6) is 0 Å². The van der Waals surface area contributed by atoms with Crippen molar-refractivity contribution in [3.8, 4) is 11.3 Å². The maximum atomic E-state index is 4.24. The summed E-state index contributed by atoms with van der Waals surface area (Å²) in [5, 5.41) is 10.6. The molecule has 4 heteroatoms. The number of halogens is 1. The van der Waals surface area contributed by atoms with Gasteiger partial charge >= 0.3 is 0 Å². The maximum Gasteiger partial charge on any atom is 0.148 e. The summed E-state index contributed by atoms with van der Waals surface area (Å²) in [5.74, 6) is 1.51. The van der Waals surface area contributed by atoms with Crippen LogP contribution in [0.15, 0.2) is 34.8 Å². The fourth-order valence-corrected chi connectivity index (χ4v) is 1.76. The van der Waals surface area contributed by atoms with E-state index >= 15 is 0 Å². The average molecular weight is 294 g/mol. The molecular weight excluding hydrogens is 278 g/mol. The zero-order chi connectivity index (χ0) is 12.3. The van der Waals surface area contributed by atoms with E-state index in [-0.39, 0.29) is 0 Å². The zero-order valence-corrected chi connectivity index (χ0v) is 11.6. The molecule has 0 atom stereocenters. The highest BCUT2D eigenvalue weighted by molar-refractivity contribution is 9.10. The molecule has 2 N–H and O–H groups in total. The lowest BCUT2D eigenvalue weighted by atomic mass is 10.1. The molecule has 2 aromatic rings. The summed E-state index contributed by atoms with van der Waals surface area (Å²) < 4.78 is 1.08. The summed E-state index contributed by atoms with van der Waals surface area (Å²) in [4.78, 5) is 0. The van der Waals surface area contributed by atoms with E-state index in [0.29, 0.717) is 5.92 Å². The molecule has 1 heterocycles. The van der Waals surface area contributed by atoms with Crippen molar-refractivity contribution in [1.82, 2.24) is 10.2 Å². The minimum absolute atomic E-state index is 0.614. The van der Waals surface area contributed by atoms with Crippen molar-refractivity contribution in [3.63, 3.8) is 0 Å². The Bertz CT molecular complexity index is 474. The smallest absolute Gasteiger partial charge is 0.148 e. The Morgan fingerprint density at radius 2 is 2.00 bits per heavy atom. The van der Waals surface area contributed by atoms with Gasteiger partial charge in [-0.15, -0.1) is 0 Å². The molecule has 1 aromatic carbocycles. The highest BCUT2D eigenvalue weighted by atomic mass is 79.9. The van der Waals surface area contributed by atoms with E-state index in [1.165, 1.54) is 0 Å². The minimum atomic E-state index is 0.614. The van der Waals surface area contributed by atoms with Crippen LogP contribution in [0.1, 0.15) is 13.8 Å². The SMILES string of the molecule is CC(C)CNc1cc(-c2ccc(Br)cc2)[nH]n1. The molecule has 1 aromatic heterocycles. The van der Waals surface area contributed by atoms with E-state index < -0.39 is 0 Å². The summed E-state index contributed by atoms with van der Waals surface area (Å²) in [7, 11) is 0. The van der Waals surface area contributed by atoms with Crippen molar-refractivity contribution in [2.45, 2.75) is 13.8 Å². The Hall–Kier alpha value is -1.29. The number of nitrogens with zero attached hydrogens (tertiary/aromatic N) is 1. The van der Waals surface area contributed by atoms with Crippen molar-refractivity contribution >= 4 is 21.7 Å². The van der Waals surface area contributed by atoms with E-state index in [1.807, 2.05) is 18.2 Å². The van der Waals surface area contributed by atoms with Crippen LogP contribution in [0.2, 0.25) is 0 Å². The first kappa shape index (κ1) is 12.2. The van der Waals surface area contributed by atoms with Crippen molar-refractivity contribution in [1.29, 1.82) is 0 Å². The first-order valence-electron chi connectivity index (χ1n) is 5.70. The Balaban J connectivity index is 2.10. The fraction of sp³-hybridized carbons (Fsp3) is 0.308. The number of aromatic nitrogens is 2. The second-order valence-electron chi connectivity index (χ2n) is 4.45. The van der Waals surface area contributed by atoms with Gasteiger partial charge in [-0.3, -0.25) is 5.10 Å². The van der Waals surface area contributed by atoms with Gasteiger partial charge in [-0.25, -0.2) is 0 Å². The summed E-state index contributed by atoms with van der Waals surface area (Å²) in [6, 6.07) is 10.2. The van der Waals surface area contributed by atoms with E-state index in [4.69, 9.17) is 0 Å². The first-order valence-corrected chi connectivity index (χ1v) is 6.49. The van der Waals surface area contributed by atoms with Crippen LogP contribution >= 0.6 is 15.9 Å². The second-order valence-corrected chi connectivity index (χ2v) is 5.36. The van der Waals surface area contributed by atoms with Crippen LogP contribution in [0.25, 0.3) is 11.3 Å². The molecule has 3 nitrogen and oxygen atoms in total. The van der Waals surface area contributed by atoms with Crippen LogP contribution in [-0.4, -0.2) is 16.7 Å². The van der Waals surface area contributed by atoms with Crippen LogP contribution in [0.4, 0.5) is 5.82 Å². The Labute approximate surface area is 110 Å². The molecule has 0 unspecified atom stereocenters. The van der Waals surface area contributed by atoms with Crippen LogP contribution in [-0.2, 0) is 0 Å². The number of aromatic amines is 1. The standard InChI is InChI=1S/C13H16BrN3/c1-9(2)8-15-13-7-12(16-17-13)10-3-5-11(14)6-4-10/h3-7,9H,8H2,1-2H3,(H2,15,16,17). The topological polar surface area (TPSA) is 40.7 Å². The zero-order valence-electron chi connectivity index (χ0n) is 10.00. The van der Waals surface area contributed by atoms with Gasteiger partial charge in [-0.2, -0.15) is 5.10 Å². The van der Waals surface area contributed by atoms with E-state index in [9.17, 15) is 0 Å². The molecular formula is C13H16BrN3. The summed E-state index contributed by atoms with van der Waals surface area (Å²) in [6.45, 7) is 5.29. The highest BCUT2D eigenvalue weighted by Crippen LogP contribution is 2.21. The van der Waals surface area contributed by atoms with Crippen LogP contribution in [0, 0.1) is 5.92 Å². The third-order valence-electron chi connectivity index (χ3n) is 2.42. The molecule has 0 fully saturated rings. The lowest BCUT2D eigenvalue weighted by Crippen LogP contribution is -2.07.